The van der Waals surface area contributed by atoms with Crippen molar-refractivity contribution in [1.82, 2.24) is 4.90 Å². The minimum absolute atomic E-state index is 0.0219. The summed E-state index contributed by atoms with van der Waals surface area (Å²) >= 11 is 0. The van der Waals surface area contributed by atoms with Gasteiger partial charge in [0.15, 0.2) is 0 Å². The first-order valence-corrected chi connectivity index (χ1v) is 7.21. The molecule has 0 aliphatic rings. The number of anilines is 1. The van der Waals surface area contributed by atoms with Crippen LogP contribution in [0.5, 0.6) is 0 Å². The summed E-state index contributed by atoms with van der Waals surface area (Å²) in [7, 11) is 5.42. The summed E-state index contributed by atoms with van der Waals surface area (Å²) in [5, 5.41) is 3.09. The first kappa shape index (κ1) is 16.8. The second-order valence-electron chi connectivity index (χ2n) is 4.61. The van der Waals surface area contributed by atoms with Gasteiger partial charge in [0.2, 0.25) is 0 Å². The van der Waals surface area contributed by atoms with Crippen molar-refractivity contribution in [3.8, 4) is 11.1 Å². The monoisotopic (exact) mass is 284 g/mol. The third kappa shape index (κ3) is 4.35. The Hall–Kier alpha value is -2.29. The lowest BCUT2D eigenvalue weighted by molar-refractivity contribution is 0.0827. The molecule has 21 heavy (non-hydrogen) atoms. The topological polar surface area (TPSA) is 32.3 Å². The zero-order chi connectivity index (χ0) is 15.8. The number of nitrogens with one attached hydrogen (secondary N) is 1. The molecule has 3 heteroatoms. The summed E-state index contributed by atoms with van der Waals surface area (Å²) in [6, 6.07) is 15.8. The van der Waals surface area contributed by atoms with Crippen molar-refractivity contribution in [2.24, 2.45) is 0 Å². The highest BCUT2D eigenvalue weighted by Gasteiger charge is 2.08. The van der Waals surface area contributed by atoms with Crippen LogP contribution >= 0.6 is 0 Å². The van der Waals surface area contributed by atoms with Crippen LogP contribution < -0.4 is 5.32 Å². The van der Waals surface area contributed by atoms with Gasteiger partial charge in [0.05, 0.1) is 0 Å². The van der Waals surface area contributed by atoms with Crippen LogP contribution in [0, 0.1) is 0 Å². The molecular weight excluding hydrogens is 260 g/mol. The van der Waals surface area contributed by atoms with E-state index < -0.39 is 0 Å². The smallest absolute Gasteiger partial charge is 0.253 e. The van der Waals surface area contributed by atoms with E-state index in [4.69, 9.17) is 0 Å². The molecule has 2 rings (SSSR count). The molecule has 0 atom stereocenters. The second-order valence-corrected chi connectivity index (χ2v) is 4.61. The SMILES string of the molecule is CC.CNc1ccc(-c2cccc(C(=O)N(C)C)c2)cc1. The van der Waals surface area contributed by atoms with E-state index in [-0.39, 0.29) is 5.91 Å². The first-order valence-electron chi connectivity index (χ1n) is 7.21. The summed E-state index contributed by atoms with van der Waals surface area (Å²) in [4.78, 5) is 13.5. The average molecular weight is 284 g/mol. The van der Waals surface area contributed by atoms with Crippen LogP contribution in [0.3, 0.4) is 0 Å². The molecule has 0 saturated heterocycles. The maximum atomic E-state index is 11.9. The molecule has 112 valence electrons. The van der Waals surface area contributed by atoms with Gasteiger partial charge in [0, 0.05) is 32.4 Å². The molecule has 0 fully saturated rings. The highest BCUT2D eigenvalue weighted by molar-refractivity contribution is 5.95. The lowest BCUT2D eigenvalue weighted by Gasteiger charge is -2.11. The molecule has 0 bridgehead atoms. The molecule has 2 aromatic rings. The van der Waals surface area contributed by atoms with Gasteiger partial charge in [0.1, 0.15) is 0 Å². The minimum atomic E-state index is 0.0219. The Balaban J connectivity index is 0.00000106. The molecule has 1 amide bonds. The Kier molecular flexibility index (Phi) is 6.47. The van der Waals surface area contributed by atoms with E-state index in [9.17, 15) is 4.79 Å². The van der Waals surface area contributed by atoms with E-state index in [0.717, 1.165) is 16.8 Å². The van der Waals surface area contributed by atoms with Gasteiger partial charge >= 0.3 is 0 Å². The maximum absolute atomic E-state index is 11.9. The van der Waals surface area contributed by atoms with Crippen molar-refractivity contribution >= 4 is 11.6 Å². The molecule has 0 saturated carbocycles. The van der Waals surface area contributed by atoms with Gasteiger partial charge in [-0.1, -0.05) is 38.1 Å². The van der Waals surface area contributed by atoms with Crippen LogP contribution in [0.25, 0.3) is 11.1 Å². The van der Waals surface area contributed by atoms with Crippen molar-refractivity contribution < 1.29 is 4.79 Å². The standard InChI is InChI=1S/C16H18N2O.C2H6/c1-17-15-9-7-12(8-10-15)13-5-4-6-14(11-13)16(19)18(2)3;1-2/h4-11,17H,1-3H3;1-2H3. The van der Waals surface area contributed by atoms with Gasteiger partial charge in [-0.15, -0.1) is 0 Å². The van der Waals surface area contributed by atoms with Crippen molar-refractivity contribution in [2.45, 2.75) is 13.8 Å². The van der Waals surface area contributed by atoms with Gasteiger partial charge in [-0.25, -0.2) is 0 Å². The summed E-state index contributed by atoms with van der Waals surface area (Å²) in [6.07, 6.45) is 0. The predicted molar refractivity (Wildman–Crippen MR) is 90.8 cm³/mol. The van der Waals surface area contributed by atoms with E-state index in [1.165, 1.54) is 0 Å². The Bertz CT molecular complexity index is 574. The molecular formula is C18H24N2O. The van der Waals surface area contributed by atoms with E-state index in [1.54, 1.807) is 19.0 Å². The largest absolute Gasteiger partial charge is 0.388 e. The van der Waals surface area contributed by atoms with E-state index in [0.29, 0.717) is 5.56 Å². The van der Waals surface area contributed by atoms with E-state index >= 15 is 0 Å². The summed E-state index contributed by atoms with van der Waals surface area (Å²) in [5.41, 5.74) is 3.94. The molecule has 0 spiro atoms. The number of nitrogens with zero attached hydrogens (tertiary/aromatic N) is 1. The van der Waals surface area contributed by atoms with Gasteiger partial charge in [-0.3, -0.25) is 4.79 Å². The molecule has 0 heterocycles. The van der Waals surface area contributed by atoms with Crippen LogP contribution in [0.2, 0.25) is 0 Å². The number of hydrogen-bond donors (Lipinski definition) is 1. The Morgan fingerprint density at radius 3 is 2.10 bits per heavy atom. The van der Waals surface area contributed by atoms with Crippen LogP contribution in [-0.4, -0.2) is 32.0 Å². The van der Waals surface area contributed by atoms with Crippen LogP contribution in [0.1, 0.15) is 24.2 Å². The molecule has 0 aliphatic carbocycles. The fourth-order valence-electron chi connectivity index (χ4n) is 1.92. The molecule has 0 aromatic heterocycles. The zero-order valence-electron chi connectivity index (χ0n) is 13.5. The van der Waals surface area contributed by atoms with Crippen molar-refractivity contribution in [3.05, 3.63) is 54.1 Å². The molecule has 0 radical (unpaired) electrons. The number of hydrogen-bond acceptors (Lipinski definition) is 2. The average Bonchev–Trinajstić information content (AvgIpc) is 2.56. The number of amides is 1. The van der Waals surface area contributed by atoms with Crippen molar-refractivity contribution in [3.63, 3.8) is 0 Å². The molecule has 0 aliphatic heterocycles. The first-order chi connectivity index (χ1) is 10.1. The predicted octanol–water partition coefficient (Wildman–Crippen LogP) is 4.12. The van der Waals surface area contributed by atoms with Crippen LogP contribution in [0.4, 0.5) is 5.69 Å². The van der Waals surface area contributed by atoms with E-state index in [1.807, 2.05) is 69.4 Å². The third-order valence-electron chi connectivity index (χ3n) is 3.02. The highest BCUT2D eigenvalue weighted by atomic mass is 16.2. The normalized spacial score (nSPS) is 9.38. The fraction of sp³-hybridized carbons (Fsp3) is 0.278. The van der Waals surface area contributed by atoms with Gasteiger partial charge in [-0.2, -0.15) is 0 Å². The quantitative estimate of drug-likeness (QED) is 0.919. The third-order valence-corrected chi connectivity index (χ3v) is 3.02. The van der Waals surface area contributed by atoms with Crippen molar-refractivity contribution in [1.29, 1.82) is 0 Å². The minimum Gasteiger partial charge on any atom is -0.388 e. The Labute approximate surface area is 127 Å². The van der Waals surface area contributed by atoms with Gasteiger partial charge in [0.25, 0.3) is 5.91 Å². The maximum Gasteiger partial charge on any atom is 0.253 e. The van der Waals surface area contributed by atoms with E-state index in [2.05, 4.69) is 5.32 Å². The summed E-state index contributed by atoms with van der Waals surface area (Å²) < 4.78 is 0. The van der Waals surface area contributed by atoms with Gasteiger partial charge < -0.3 is 10.2 Å². The summed E-state index contributed by atoms with van der Waals surface area (Å²) in [6.45, 7) is 4.00. The Morgan fingerprint density at radius 2 is 1.57 bits per heavy atom. The molecule has 1 N–H and O–H groups in total. The number of carbonyl (C=O) groups excluding carboxylic acids is 1. The lowest BCUT2D eigenvalue weighted by Crippen LogP contribution is -2.21. The number of rotatable bonds is 3. The number of carbonyl (C=O) groups is 1. The molecule has 2 aromatic carbocycles. The zero-order valence-corrected chi connectivity index (χ0v) is 13.5. The second kappa shape index (κ2) is 8.10. The number of benzene rings is 2. The lowest BCUT2D eigenvalue weighted by atomic mass is 10.0. The van der Waals surface area contributed by atoms with Crippen LogP contribution in [-0.2, 0) is 0 Å². The van der Waals surface area contributed by atoms with Gasteiger partial charge in [-0.05, 0) is 35.4 Å². The fourth-order valence-corrected chi connectivity index (χ4v) is 1.92. The van der Waals surface area contributed by atoms with Crippen LogP contribution in [0.15, 0.2) is 48.5 Å². The summed E-state index contributed by atoms with van der Waals surface area (Å²) in [5.74, 6) is 0.0219. The van der Waals surface area contributed by atoms with Crippen molar-refractivity contribution in [2.75, 3.05) is 26.5 Å². The Morgan fingerprint density at radius 1 is 0.952 bits per heavy atom. The molecule has 3 nitrogen and oxygen atoms in total. The highest BCUT2D eigenvalue weighted by Crippen LogP contribution is 2.22. The molecule has 0 unspecified atom stereocenters.